The number of para-hydroxylation sites is 1. The number of hydrogen-bond donors (Lipinski definition) is 2. The second kappa shape index (κ2) is 16.6. The predicted molar refractivity (Wildman–Crippen MR) is 166 cm³/mol. The predicted octanol–water partition coefficient (Wildman–Crippen LogP) is 1.68. The molecule has 15 heteroatoms. The Morgan fingerprint density at radius 1 is 0.915 bits per heavy atom. The highest BCUT2D eigenvalue weighted by molar-refractivity contribution is 5.99. The molecule has 1 aromatic heterocycles. The Labute approximate surface area is 272 Å². The number of pyridine rings is 1. The van der Waals surface area contributed by atoms with E-state index in [0.717, 1.165) is 0 Å². The molecule has 254 valence electrons. The monoisotopic (exact) mass is 655 g/mol. The fourth-order valence-electron chi connectivity index (χ4n) is 5.54. The molecular weight excluding hydrogens is 614 g/mol. The second-order valence-corrected chi connectivity index (χ2v) is 11.2. The minimum absolute atomic E-state index is 0.0818. The number of hydrogen-bond acceptors (Lipinski definition) is 10. The van der Waals surface area contributed by atoms with Crippen molar-refractivity contribution in [3.8, 4) is 5.75 Å². The van der Waals surface area contributed by atoms with Gasteiger partial charge in [-0.05, 0) is 45.2 Å². The average molecular weight is 656 g/mol. The van der Waals surface area contributed by atoms with Crippen LogP contribution in [0.5, 0.6) is 5.75 Å². The zero-order valence-corrected chi connectivity index (χ0v) is 26.6. The van der Waals surface area contributed by atoms with Crippen molar-refractivity contribution in [3.05, 3.63) is 36.0 Å². The summed E-state index contributed by atoms with van der Waals surface area (Å²) in [6.07, 6.45) is -0.00342. The molecule has 2 aromatic rings. The van der Waals surface area contributed by atoms with Gasteiger partial charge in [-0.25, -0.2) is 9.78 Å². The summed E-state index contributed by atoms with van der Waals surface area (Å²) in [5, 5.41) is 12.5. The number of nitrogens with one attached hydrogen (secondary N) is 1. The van der Waals surface area contributed by atoms with Crippen LogP contribution < -0.4 is 10.1 Å². The summed E-state index contributed by atoms with van der Waals surface area (Å²) in [7, 11) is 0. The van der Waals surface area contributed by atoms with Crippen LogP contribution in [0.3, 0.4) is 0 Å². The molecule has 15 nitrogen and oxygen atoms in total. The summed E-state index contributed by atoms with van der Waals surface area (Å²) in [5.41, 5.74) is 0.336. The third-order valence-corrected chi connectivity index (χ3v) is 8.10. The maximum Gasteiger partial charge on any atom is 0.409 e. The molecular formula is C32H41N5O10. The van der Waals surface area contributed by atoms with Gasteiger partial charge in [-0.15, -0.1) is 0 Å². The lowest BCUT2D eigenvalue weighted by Gasteiger charge is -2.35. The molecule has 0 bridgehead atoms. The number of piperidine rings is 1. The highest BCUT2D eigenvalue weighted by Crippen LogP contribution is 2.26. The SMILES string of the molecule is CCOC(=O)C1CCN(C(=O)COc2cc(C(=O)NC(CCC(=O)O)C(=O)N3CCN(C(=O)OCC)CC3)nc3ccccc23)CC1. The number of benzene rings is 1. The van der Waals surface area contributed by atoms with Crippen LogP contribution in [-0.4, -0.2) is 126 Å². The number of piperazine rings is 1. The minimum atomic E-state index is -1.16. The smallest absolute Gasteiger partial charge is 0.409 e. The molecule has 1 atom stereocenters. The molecule has 0 saturated carbocycles. The van der Waals surface area contributed by atoms with E-state index in [1.165, 1.54) is 15.9 Å². The van der Waals surface area contributed by atoms with Gasteiger partial charge >= 0.3 is 18.0 Å². The van der Waals surface area contributed by atoms with Crippen molar-refractivity contribution < 1.29 is 48.1 Å². The Kier molecular flexibility index (Phi) is 12.3. The van der Waals surface area contributed by atoms with E-state index in [4.69, 9.17) is 14.2 Å². The second-order valence-electron chi connectivity index (χ2n) is 11.2. The van der Waals surface area contributed by atoms with E-state index in [1.54, 1.807) is 43.0 Å². The Bertz CT molecular complexity index is 1470. The van der Waals surface area contributed by atoms with Gasteiger partial charge in [-0.3, -0.25) is 24.0 Å². The van der Waals surface area contributed by atoms with Gasteiger partial charge in [0.1, 0.15) is 17.5 Å². The van der Waals surface area contributed by atoms with E-state index in [9.17, 15) is 33.9 Å². The number of esters is 1. The van der Waals surface area contributed by atoms with Crippen LogP contribution >= 0.6 is 0 Å². The molecule has 0 radical (unpaired) electrons. The van der Waals surface area contributed by atoms with Crippen molar-refractivity contribution in [1.82, 2.24) is 25.0 Å². The van der Waals surface area contributed by atoms with Crippen molar-refractivity contribution in [2.45, 2.75) is 45.6 Å². The largest absolute Gasteiger partial charge is 0.483 e. The summed E-state index contributed by atoms with van der Waals surface area (Å²) >= 11 is 0. The van der Waals surface area contributed by atoms with E-state index in [0.29, 0.717) is 43.4 Å². The fraction of sp³-hybridized carbons (Fsp3) is 0.531. The Balaban J connectivity index is 1.44. The first-order chi connectivity index (χ1) is 22.6. The van der Waals surface area contributed by atoms with Crippen LogP contribution in [0.25, 0.3) is 10.9 Å². The summed E-state index contributed by atoms with van der Waals surface area (Å²) in [5.74, 6) is -2.86. The first-order valence-corrected chi connectivity index (χ1v) is 15.8. The number of carboxylic acids is 1. The van der Waals surface area contributed by atoms with Crippen molar-refractivity contribution in [1.29, 1.82) is 0 Å². The number of nitrogens with zero attached hydrogens (tertiary/aromatic N) is 4. The summed E-state index contributed by atoms with van der Waals surface area (Å²) < 4.78 is 16.0. The lowest BCUT2D eigenvalue weighted by Crippen LogP contribution is -2.56. The van der Waals surface area contributed by atoms with Crippen molar-refractivity contribution in [2.24, 2.45) is 5.92 Å². The van der Waals surface area contributed by atoms with Crippen LogP contribution in [0.1, 0.15) is 50.0 Å². The van der Waals surface area contributed by atoms with Gasteiger partial charge in [-0.1, -0.05) is 12.1 Å². The van der Waals surface area contributed by atoms with Crippen molar-refractivity contribution >= 4 is 46.7 Å². The molecule has 2 N–H and O–H groups in total. The van der Waals surface area contributed by atoms with Gasteiger partial charge < -0.3 is 39.3 Å². The normalized spacial score (nSPS) is 15.9. The minimum Gasteiger partial charge on any atom is -0.483 e. The molecule has 4 rings (SSSR count). The topological polar surface area (TPSA) is 185 Å². The van der Waals surface area contributed by atoms with Crippen molar-refractivity contribution in [2.75, 3.05) is 59.1 Å². The average Bonchev–Trinajstić information content (AvgIpc) is 3.08. The number of ether oxygens (including phenoxy) is 3. The van der Waals surface area contributed by atoms with Crippen LogP contribution in [0.4, 0.5) is 4.79 Å². The maximum atomic E-state index is 13.5. The number of carbonyl (C=O) groups is 6. The van der Waals surface area contributed by atoms with Gasteiger partial charge in [-0.2, -0.15) is 0 Å². The highest BCUT2D eigenvalue weighted by Gasteiger charge is 2.32. The third kappa shape index (κ3) is 9.30. The van der Waals surface area contributed by atoms with Gasteiger partial charge in [0.15, 0.2) is 6.61 Å². The number of amides is 4. The molecule has 0 aliphatic carbocycles. The van der Waals surface area contributed by atoms with E-state index >= 15 is 0 Å². The molecule has 2 fully saturated rings. The standard InChI is InChI=1S/C32H41N5O10/c1-3-45-31(43)21-11-13-35(14-12-21)27(38)20-47-26-19-25(33-23-8-6-5-7-22(23)26)29(41)34-24(9-10-28(39)40)30(42)36-15-17-37(18-16-36)32(44)46-4-2/h5-8,19,21,24H,3-4,9-18,20H2,1-2H3,(H,34,41)(H,39,40). The number of carbonyl (C=O) groups excluding carboxylic acids is 5. The zero-order chi connectivity index (χ0) is 33.9. The summed E-state index contributed by atoms with van der Waals surface area (Å²) in [4.78, 5) is 84.4. The molecule has 2 aliphatic rings. The molecule has 3 heterocycles. The lowest BCUT2D eigenvalue weighted by molar-refractivity contribution is -0.151. The lowest BCUT2D eigenvalue weighted by atomic mass is 9.97. The van der Waals surface area contributed by atoms with Gasteiger partial charge in [0.05, 0.1) is 24.6 Å². The molecule has 0 spiro atoms. The van der Waals surface area contributed by atoms with Crippen LogP contribution in [0.15, 0.2) is 30.3 Å². The van der Waals surface area contributed by atoms with Crippen LogP contribution in [-0.2, 0) is 28.7 Å². The highest BCUT2D eigenvalue weighted by atomic mass is 16.6. The number of likely N-dealkylation sites (tertiary alicyclic amines) is 1. The Hall–Kier alpha value is -4.95. The summed E-state index contributed by atoms with van der Waals surface area (Å²) in [6.45, 7) is 5.31. The van der Waals surface area contributed by atoms with Gasteiger partial charge in [0, 0.05) is 57.1 Å². The third-order valence-electron chi connectivity index (χ3n) is 8.10. The van der Waals surface area contributed by atoms with Gasteiger partial charge in [0.25, 0.3) is 11.8 Å². The Morgan fingerprint density at radius 2 is 1.57 bits per heavy atom. The number of aromatic nitrogens is 1. The first kappa shape index (κ1) is 34.9. The number of fused-ring (bicyclic) bond motifs is 1. The molecule has 4 amide bonds. The van der Waals surface area contributed by atoms with E-state index in [1.807, 2.05) is 0 Å². The number of aliphatic carboxylic acids is 1. The Morgan fingerprint density at radius 3 is 2.23 bits per heavy atom. The number of carboxylic acid groups (broad SMARTS) is 1. The van der Waals surface area contributed by atoms with E-state index < -0.39 is 29.9 Å². The summed E-state index contributed by atoms with van der Waals surface area (Å²) in [6, 6.07) is 7.13. The zero-order valence-electron chi connectivity index (χ0n) is 26.6. The molecule has 1 aromatic carbocycles. The first-order valence-electron chi connectivity index (χ1n) is 15.8. The van der Waals surface area contributed by atoms with E-state index in [2.05, 4.69) is 10.3 Å². The molecule has 47 heavy (non-hydrogen) atoms. The number of rotatable bonds is 12. The fourth-order valence-corrected chi connectivity index (χ4v) is 5.54. The maximum absolute atomic E-state index is 13.5. The van der Waals surface area contributed by atoms with Crippen LogP contribution in [0, 0.1) is 5.92 Å². The molecule has 1 unspecified atom stereocenters. The van der Waals surface area contributed by atoms with E-state index in [-0.39, 0.29) is 81.5 Å². The quantitative estimate of drug-likeness (QED) is 0.317. The van der Waals surface area contributed by atoms with Crippen molar-refractivity contribution in [3.63, 3.8) is 0 Å². The van der Waals surface area contributed by atoms with Crippen LogP contribution in [0.2, 0.25) is 0 Å². The van der Waals surface area contributed by atoms with Gasteiger partial charge in [0.2, 0.25) is 5.91 Å². The molecule has 2 saturated heterocycles. The molecule has 2 aliphatic heterocycles.